The lowest BCUT2D eigenvalue weighted by Gasteiger charge is -2.24. The van der Waals surface area contributed by atoms with E-state index in [0.717, 1.165) is 28.2 Å². The highest BCUT2D eigenvalue weighted by molar-refractivity contribution is 6.38. The Labute approximate surface area is 161 Å². The first kappa shape index (κ1) is 16.5. The lowest BCUT2D eigenvalue weighted by atomic mass is 10.1. The number of benzene rings is 2. The standard InChI is InChI=1S/C20H17N7O/c21-11-13-2-1-3-16(8-13)27-7-6-22-12-18(27)25-20(26-27)23-15-4-5-17-14(9-15)10-19(28)24-17/h1-9,12H,10-11,21H2,(H-,22,23,24,25,26,28)/p+1. The maximum Gasteiger partial charge on any atom is 0.287 e. The van der Waals surface area contributed by atoms with Gasteiger partial charge in [0.2, 0.25) is 5.91 Å². The Morgan fingerprint density at radius 2 is 2.14 bits per heavy atom. The summed E-state index contributed by atoms with van der Waals surface area (Å²) in [7, 11) is 0. The van der Waals surface area contributed by atoms with Crippen LogP contribution in [0, 0.1) is 0 Å². The first-order valence-corrected chi connectivity index (χ1v) is 8.95. The van der Waals surface area contributed by atoms with E-state index >= 15 is 0 Å². The molecule has 2 aromatic carbocycles. The molecule has 8 nitrogen and oxygen atoms in total. The summed E-state index contributed by atoms with van der Waals surface area (Å²) in [6, 6.07) is 13.7. The third-order valence-electron chi connectivity index (χ3n) is 4.91. The van der Waals surface area contributed by atoms with Crippen molar-refractivity contribution in [2.24, 2.45) is 20.8 Å². The first-order chi connectivity index (χ1) is 13.7. The Balaban J connectivity index is 1.51. The zero-order valence-corrected chi connectivity index (χ0v) is 15.0. The zero-order chi connectivity index (χ0) is 19.1. The second kappa shape index (κ2) is 6.22. The maximum absolute atomic E-state index is 11.6. The normalized spacial score (nSPS) is 21.7. The molecule has 28 heavy (non-hydrogen) atoms. The number of aliphatic imine (C=N–C) groups is 2. The number of nitrogens with zero attached hydrogens (tertiary/aromatic N) is 4. The Bertz CT molecular complexity index is 1120. The molecule has 3 heterocycles. The third kappa shape index (κ3) is 2.63. The van der Waals surface area contributed by atoms with Crippen LogP contribution in [0.3, 0.4) is 0 Å². The average molecular weight is 372 g/mol. The minimum atomic E-state index is 0.00775. The van der Waals surface area contributed by atoms with Crippen LogP contribution in [0.5, 0.6) is 0 Å². The predicted octanol–water partition coefficient (Wildman–Crippen LogP) is 2.30. The van der Waals surface area contributed by atoms with E-state index in [-0.39, 0.29) is 10.5 Å². The van der Waals surface area contributed by atoms with Crippen LogP contribution in [0.15, 0.2) is 70.0 Å². The van der Waals surface area contributed by atoms with Crippen LogP contribution in [-0.4, -0.2) is 23.9 Å². The number of rotatable bonds is 3. The predicted molar refractivity (Wildman–Crippen MR) is 111 cm³/mol. The van der Waals surface area contributed by atoms with Gasteiger partial charge in [0, 0.05) is 30.1 Å². The molecular formula is C20H18N7O+. The van der Waals surface area contributed by atoms with Crippen LogP contribution < -0.4 is 21.0 Å². The monoisotopic (exact) mass is 372 g/mol. The number of carbonyl (C=O) groups excluding carboxylic acids is 1. The molecule has 4 N–H and O–H groups in total. The fourth-order valence-electron chi connectivity index (χ4n) is 3.54. The summed E-state index contributed by atoms with van der Waals surface area (Å²) in [4.78, 5) is 20.4. The van der Waals surface area contributed by atoms with Crippen LogP contribution in [0.4, 0.5) is 17.1 Å². The van der Waals surface area contributed by atoms with Crippen LogP contribution in [0.1, 0.15) is 11.1 Å². The van der Waals surface area contributed by atoms with Crippen molar-refractivity contribution in [2.75, 3.05) is 10.6 Å². The number of hydrogen-bond donors (Lipinski definition) is 3. The SMILES string of the molecule is NCc1cccc([N+]23C=CN=CC2=NC(Nc2ccc4c(c2)CC(=O)N4)=N3)c1. The number of nitrogens with one attached hydrogen (secondary N) is 2. The quantitative estimate of drug-likeness (QED) is 0.720. The van der Waals surface area contributed by atoms with Gasteiger partial charge in [-0.1, -0.05) is 16.7 Å². The summed E-state index contributed by atoms with van der Waals surface area (Å²) in [6.07, 6.45) is 5.69. The molecule has 1 amide bonds. The van der Waals surface area contributed by atoms with E-state index in [1.165, 1.54) is 0 Å². The van der Waals surface area contributed by atoms with Crippen molar-refractivity contribution in [3.8, 4) is 0 Å². The molecule has 0 spiro atoms. The van der Waals surface area contributed by atoms with Crippen molar-refractivity contribution >= 4 is 41.0 Å². The van der Waals surface area contributed by atoms with Gasteiger partial charge < -0.3 is 16.4 Å². The van der Waals surface area contributed by atoms with Gasteiger partial charge in [0.05, 0.1) is 12.6 Å². The van der Waals surface area contributed by atoms with E-state index in [9.17, 15) is 4.79 Å². The van der Waals surface area contributed by atoms with Gasteiger partial charge in [-0.25, -0.2) is 0 Å². The van der Waals surface area contributed by atoms with Crippen molar-refractivity contribution in [1.82, 2.24) is 4.59 Å². The molecule has 0 fully saturated rings. The van der Waals surface area contributed by atoms with Gasteiger partial charge in [0.1, 0.15) is 6.21 Å². The van der Waals surface area contributed by atoms with Gasteiger partial charge in [0.15, 0.2) is 11.9 Å². The van der Waals surface area contributed by atoms with E-state index in [4.69, 9.17) is 10.8 Å². The van der Waals surface area contributed by atoms with E-state index in [1.54, 1.807) is 12.4 Å². The van der Waals surface area contributed by atoms with Gasteiger partial charge in [-0.15, -0.1) is 0 Å². The topological polar surface area (TPSA) is 104 Å². The van der Waals surface area contributed by atoms with Crippen molar-refractivity contribution in [1.29, 1.82) is 0 Å². The number of guanidine groups is 1. The van der Waals surface area contributed by atoms with Crippen molar-refractivity contribution < 1.29 is 4.79 Å². The Morgan fingerprint density at radius 1 is 1.21 bits per heavy atom. The zero-order valence-electron chi connectivity index (χ0n) is 15.0. The van der Waals surface area contributed by atoms with Crippen LogP contribution in [0.25, 0.3) is 0 Å². The van der Waals surface area contributed by atoms with Gasteiger partial charge in [-0.2, -0.15) is 4.99 Å². The van der Waals surface area contributed by atoms with E-state index in [1.807, 2.05) is 48.7 Å². The molecule has 8 heteroatoms. The number of nitrogens with two attached hydrogens (primary N) is 1. The second-order valence-corrected chi connectivity index (χ2v) is 6.75. The van der Waals surface area contributed by atoms with E-state index in [2.05, 4.69) is 20.6 Å². The number of carbonyl (C=O) groups is 1. The Morgan fingerprint density at radius 3 is 3.04 bits per heavy atom. The summed E-state index contributed by atoms with van der Waals surface area (Å²) < 4.78 is 0.102. The Hall–Kier alpha value is -3.62. The number of hydrogen-bond acceptors (Lipinski definition) is 6. The molecule has 138 valence electrons. The number of anilines is 2. The van der Waals surface area contributed by atoms with Crippen LogP contribution >= 0.6 is 0 Å². The molecule has 0 aromatic heterocycles. The fraction of sp³-hybridized carbons (Fsp3) is 0.100. The fourth-order valence-corrected chi connectivity index (χ4v) is 3.54. The summed E-state index contributed by atoms with van der Waals surface area (Å²) in [5, 5.41) is 10.9. The molecule has 0 saturated carbocycles. The molecule has 1 unspecified atom stereocenters. The van der Waals surface area contributed by atoms with Gasteiger partial charge >= 0.3 is 0 Å². The van der Waals surface area contributed by atoms with Gasteiger partial charge in [-0.05, 0) is 34.4 Å². The minimum Gasteiger partial charge on any atom is -0.326 e. The number of quaternary nitrogens is 1. The molecule has 0 radical (unpaired) electrons. The summed E-state index contributed by atoms with van der Waals surface area (Å²) in [6.45, 7) is 0.453. The molecule has 5 rings (SSSR count). The van der Waals surface area contributed by atoms with E-state index in [0.29, 0.717) is 24.8 Å². The Kier molecular flexibility index (Phi) is 3.68. The highest BCUT2D eigenvalue weighted by Gasteiger charge is 2.42. The van der Waals surface area contributed by atoms with Crippen molar-refractivity contribution in [3.63, 3.8) is 0 Å². The molecule has 1 atom stereocenters. The smallest absolute Gasteiger partial charge is 0.287 e. The molecule has 3 aliphatic rings. The lowest BCUT2D eigenvalue weighted by molar-refractivity contribution is -0.115. The molecule has 0 aliphatic carbocycles. The minimum absolute atomic E-state index is 0.00775. The maximum atomic E-state index is 11.6. The molecule has 2 aromatic rings. The highest BCUT2D eigenvalue weighted by Crippen LogP contribution is 2.32. The first-order valence-electron chi connectivity index (χ1n) is 8.95. The average Bonchev–Trinajstić information content (AvgIpc) is 3.27. The largest absolute Gasteiger partial charge is 0.326 e. The molecule has 3 aliphatic heterocycles. The van der Waals surface area contributed by atoms with Crippen molar-refractivity contribution in [2.45, 2.75) is 13.0 Å². The molecular weight excluding hydrogens is 354 g/mol. The molecule has 0 saturated heterocycles. The third-order valence-corrected chi connectivity index (χ3v) is 4.91. The second-order valence-electron chi connectivity index (χ2n) is 6.75. The summed E-state index contributed by atoms with van der Waals surface area (Å²) in [5.74, 6) is 1.17. The number of amides is 1. The van der Waals surface area contributed by atoms with Gasteiger partial charge in [0.25, 0.3) is 11.8 Å². The summed E-state index contributed by atoms with van der Waals surface area (Å²) >= 11 is 0. The lowest BCUT2D eigenvalue weighted by Crippen LogP contribution is -2.44. The molecule has 0 bridgehead atoms. The highest BCUT2D eigenvalue weighted by atomic mass is 16.1. The van der Waals surface area contributed by atoms with E-state index < -0.39 is 0 Å². The number of fused-ring (bicyclic) bond motifs is 2. The summed E-state index contributed by atoms with van der Waals surface area (Å²) in [5.41, 5.74) is 10.4. The van der Waals surface area contributed by atoms with Crippen LogP contribution in [-0.2, 0) is 17.8 Å². The number of amidine groups is 1. The van der Waals surface area contributed by atoms with Gasteiger partial charge in [-0.3, -0.25) is 9.79 Å². The van der Waals surface area contributed by atoms with Crippen molar-refractivity contribution in [3.05, 3.63) is 66.0 Å². The van der Waals surface area contributed by atoms with Crippen LogP contribution in [0.2, 0.25) is 0 Å².